The number of hydrogen-bond acceptors (Lipinski definition) is 5. The SMILES string of the molecule is COc1ccc(C(C2C(=O)c3cccc4cccc(c34)C2=O)C2C(=O)c3cccc4cccc(c34)C2=O)cc1. The summed E-state index contributed by atoms with van der Waals surface area (Å²) in [4.78, 5) is 56.7. The van der Waals surface area contributed by atoms with Crippen molar-refractivity contribution < 1.29 is 23.9 Å². The smallest absolute Gasteiger partial charge is 0.174 e. The zero-order valence-electron chi connectivity index (χ0n) is 21.0. The van der Waals surface area contributed by atoms with Gasteiger partial charge in [0.15, 0.2) is 23.1 Å². The van der Waals surface area contributed by atoms with Gasteiger partial charge in [-0.25, -0.2) is 0 Å². The molecule has 5 aromatic rings. The van der Waals surface area contributed by atoms with Crippen molar-refractivity contribution in [2.45, 2.75) is 5.92 Å². The Morgan fingerprint density at radius 3 is 1.21 bits per heavy atom. The first-order chi connectivity index (χ1) is 19.0. The molecular formula is C34H22O5. The van der Waals surface area contributed by atoms with Crippen LogP contribution in [-0.2, 0) is 0 Å². The average Bonchev–Trinajstić information content (AvgIpc) is 2.97. The van der Waals surface area contributed by atoms with Crippen molar-refractivity contribution in [1.29, 1.82) is 0 Å². The Morgan fingerprint density at radius 2 is 0.872 bits per heavy atom. The Kier molecular flexibility index (Phi) is 5.10. The number of ketones is 4. The highest BCUT2D eigenvalue weighted by Crippen LogP contribution is 2.46. The summed E-state index contributed by atoms with van der Waals surface area (Å²) in [5.74, 6) is -4.37. The number of hydrogen-bond donors (Lipinski definition) is 0. The molecule has 39 heavy (non-hydrogen) atoms. The summed E-state index contributed by atoms with van der Waals surface area (Å²) in [5, 5.41) is 2.85. The number of carbonyl (C=O) groups excluding carboxylic acids is 4. The lowest BCUT2D eigenvalue weighted by Gasteiger charge is -2.35. The lowest BCUT2D eigenvalue weighted by Crippen LogP contribution is -2.43. The number of Topliss-reactive ketones (excluding diaryl/α,β-unsaturated/α-hetero) is 4. The van der Waals surface area contributed by atoms with Crippen molar-refractivity contribution in [3.63, 3.8) is 0 Å². The molecule has 188 valence electrons. The molecule has 7 rings (SSSR count). The Bertz CT molecular complexity index is 1670. The van der Waals surface area contributed by atoms with Crippen LogP contribution in [0.25, 0.3) is 21.5 Å². The highest BCUT2D eigenvalue weighted by atomic mass is 16.5. The van der Waals surface area contributed by atoms with Crippen LogP contribution in [0.15, 0.2) is 97.1 Å². The number of ether oxygens (including phenoxy) is 1. The van der Waals surface area contributed by atoms with Crippen molar-refractivity contribution in [3.05, 3.63) is 125 Å². The monoisotopic (exact) mass is 510 g/mol. The molecule has 0 heterocycles. The molecule has 5 heteroatoms. The quantitative estimate of drug-likeness (QED) is 0.259. The predicted octanol–water partition coefficient (Wildman–Crippen LogP) is 6.48. The van der Waals surface area contributed by atoms with Crippen LogP contribution in [0.3, 0.4) is 0 Å². The second kappa shape index (κ2) is 8.57. The van der Waals surface area contributed by atoms with Gasteiger partial charge in [-0.05, 0) is 28.5 Å². The van der Waals surface area contributed by atoms with Crippen molar-refractivity contribution >= 4 is 44.7 Å². The highest BCUT2D eigenvalue weighted by molar-refractivity contribution is 6.33. The molecule has 0 radical (unpaired) electrons. The molecule has 0 spiro atoms. The van der Waals surface area contributed by atoms with Crippen molar-refractivity contribution in [2.75, 3.05) is 7.11 Å². The van der Waals surface area contributed by atoms with Crippen LogP contribution >= 0.6 is 0 Å². The molecule has 0 saturated carbocycles. The number of benzene rings is 5. The molecule has 5 aromatic carbocycles. The molecule has 0 bridgehead atoms. The van der Waals surface area contributed by atoms with Crippen LogP contribution in [0.1, 0.15) is 52.9 Å². The zero-order chi connectivity index (χ0) is 26.8. The van der Waals surface area contributed by atoms with Crippen LogP contribution < -0.4 is 4.74 Å². The summed E-state index contributed by atoms with van der Waals surface area (Å²) in [7, 11) is 1.55. The van der Waals surface area contributed by atoms with E-state index < -0.39 is 17.8 Å². The van der Waals surface area contributed by atoms with Gasteiger partial charge in [-0.3, -0.25) is 19.2 Å². The van der Waals surface area contributed by atoms with Crippen LogP contribution in [-0.4, -0.2) is 30.2 Å². The Morgan fingerprint density at radius 1 is 0.513 bits per heavy atom. The van der Waals surface area contributed by atoms with Crippen LogP contribution in [0.2, 0.25) is 0 Å². The van der Waals surface area contributed by atoms with Gasteiger partial charge < -0.3 is 4.74 Å². The van der Waals surface area contributed by atoms with Crippen molar-refractivity contribution in [3.8, 4) is 5.75 Å². The molecule has 0 unspecified atom stereocenters. The maximum atomic E-state index is 14.2. The summed E-state index contributed by atoms with van der Waals surface area (Å²) in [6.07, 6.45) is 0. The van der Waals surface area contributed by atoms with Gasteiger partial charge in [0, 0.05) is 38.9 Å². The first-order valence-corrected chi connectivity index (χ1v) is 12.8. The Balaban J connectivity index is 1.46. The van der Waals surface area contributed by atoms with E-state index in [1.54, 1.807) is 79.9 Å². The third-order valence-electron chi connectivity index (χ3n) is 8.22. The lowest BCUT2D eigenvalue weighted by atomic mass is 9.63. The van der Waals surface area contributed by atoms with Crippen molar-refractivity contribution in [2.24, 2.45) is 11.8 Å². The minimum absolute atomic E-state index is 0.372. The summed E-state index contributed by atoms with van der Waals surface area (Å²) in [6, 6.07) is 28.5. The standard InChI is InChI=1S/C34H22O5/c1-39-21-16-14-20(15-17-21)28(29-31(35)22-10-2-6-18-7-3-11-23(26(18)22)32(29)36)30-33(37)24-12-4-8-19-9-5-13-25(27(19)24)34(30)38/h2-17,28-30H,1H3. The molecule has 2 aliphatic carbocycles. The summed E-state index contributed by atoms with van der Waals surface area (Å²) in [6.45, 7) is 0. The van der Waals surface area contributed by atoms with Gasteiger partial charge in [-0.2, -0.15) is 0 Å². The van der Waals surface area contributed by atoms with E-state index in [0.29, 0.717) is 44.3 Å². The fourth-order valence-electron chi connectivity index (χ4n) is 6.47. The molecule has 0 saturated heterocycles. The van der Waals surface area contributed by atoms with E-state index in [-0.39, 0.29) is 23.1 Å². The lowest BCUT2D eigenvalue weighted by molar-refractivity contribution is 0.0687. The maximum Gasteiger partial charge on any atom is 0.174 e. The fraction of sp³-hybridized carbons (Fsp3) is 0.118. The molecule has 0 amide bonds. The molecule has 0 N–H and O–H groups in total. The first-order valence-electron chi connectivity index (χ1n) is 12.8. The summed E-state index contributed by atoms with van der Waals surface area (Å²) < 4.78 is 5.33. The van der Waals surface area contributed by atoms with Crippen molar-refractivity contribution in [1.82, 2.24) is 0 Å². The van der Waals surface area contributed by atoms with E-state index in [1.807, 2.05) is 24.3 Å². The third-order valence-corrected chi connectivity index (χ3v) is 8.22. The molecule has 0 atom stereocenters. The Labute approximate surface area is 224 Å². The topological polar surface area (TPSA) is 77.5 Å². The van der Waals surface area contributed by atoms with Gasteiger partial charge in [-0.15, -0.1) is 0 Å². The van der Waals surface area contributed by atoms with E-state index in [1.165, 1.54) is 0 Å². The number of methoxy groups -OCH3 is 1. The second-order valence-corrected chi connectivity index (χ2v) is 10.1. The van der Waals surface area contributed by atoms with E-state index in [2.05, 4.69) is 0 Å². The normalized spacial score (nSPS) is 15.5. The fourth-order valence-corrected chi connectivity index (χ4v) is 6.47. The number of rotatable bonds is 4. The Hall–Kier alpha value is -4.90. The molecule has 0 aromatic heterocycles. The zero-order valence-corrected chi connectivity index (χ0v) is 21.0. The van der Waals surface area contributed by atoms with E-state index in [0.717, 1.165) is 10.8 Å². The van der Waals surface area contributed by atoms with Crippen LogP contribution in [0.4, 0.5) is 0 Å². The van der Waals surface area contributed by atoms with E-state index >= 15 is 0 Å². The van der Waals surface area contributed by atoms with E-state index in [4.69, 9.17) is 4.74 Å². The van der Waals surface area contributed by atoms with Gasteiger partial charge in [0.25, 0.3) is 0 Å². The molecule has 5 nitrogen and oxygen atoms in total. The molecule has 0 fully saturated rings. The average molecular weight is 511 g/mol. The predicted molar refractivity (Wildman–Crippen MR) is 148 cm³/mol. The van der Waals surface area contributed by atoms with Gasteiger partial charge in [-0.1, -0.05) is 84.9 Å². The summed E-state index contributed by atoms with van der Waals surface area (Å²) in [5.41, 5.74) is 2.30. The van der Waals surface area contributed by atoms with Crippen LogP contribution in [0, 0.1) is 11.8 Å². The minimum Gasteiger partial charge on any atom is -0.497 e. The molecular weight excluding hydrogens is 488 g/mol. The third kappa shape index (κ3) is 3.26. The van der Waals surface area contributed by atoms with Gasteiger partial charge in [0.05, 0.1) is 18.9 Å². The number of carbonyl (C=O) groups is 4. The molecule has 0 aliphatic heterocycles. The largest absolute Gasteiger partial charge is 0.497 e. The van der Waals surface area contributed by atoms with E-state index in [9.17, 15) is 19.2 Å². The maximum absolute atomic E-state index is 14.2. The molecule has 2 aliphatic rings. The second-order valence-electron chi connectivity index (χ2n) is 10.1. The van der Waals surface area contributed by atoms with Gasteiger partial charge in [0.1, 0.15) is 5.75 Å². The van der Waals surface area contributed by atoms with Gasteiger partial charge >= 0.3 is 0 Å². The van der Waals surface area contributed by atoms with Crippen LogP contribution in [0.5, 0.6) is 5.75 Å². The van der Waals surface area contributed by atoms with Gasteiger partial charge in [0.2, 0.25) is 0 Å². The minimum atomic E-state index is -1.23. The summed E-state index contributed by atoms with van der Waals surface area (Å²) >= 11 is 0. The highest BCUT2D eigenvalue weighted by Gasteiger charge is 2.50. The first kappa shape index (κ1) is 23.2.